The molecule has 130 valence electrons. The van der Waals surface area contributed by atoms with Crippen molar-refractivity contribution < 1.29 is 9.53 Å². The van der Waals surface area contributed by atoms with Crippen LogP contribution in [0, 0.1) is 6.92 Å². The number of benzene rings is 2. The minimum atomic E-state index is -0.0374. The van der Waals surface area contributed by atoms with E-state index in [9.17, 15) is 4.79 Å². The number of hydrogen-bond acceptors (Lipinski definition) is 4. The highest BCUT2D eigenvalue weighted by molar-refractivity contribution is 7.99. The molecule has 0 fully saturated rings. The van der Waals surface area contributed by atoms with Crippen molar-refractivity contribution in [3.05, 3.63) is 54.1 Å². The van der Waals surface area contributed by atoms with E-state index in [1.807, 2.05) is 55.5 Å². The number of nitrogens with zero attached hydrogens (tertiary/aromatic N) is 2. The topological polar surface area (TPSA) is 56.1 Å². The average Bonchev–Trinajstić information content (AvgIpc) is 2.98. The van der Waals surface area contributed by atoms with Gasteiger partial charge < -0.3 is 14.6 Å². The molecule has 6 heteroatoms. The molecule has 5 nitrogen and oxygen atoms in total. The molecular weight excluding hydrogens is 334 g/mol. The number of carbonyl (C=O) groups is 1. The lowest BCUT2D eigenvalue weighted by molar-refractivity contribution is -0.113. The minimum Gasteiger partial charge on any atom is -0.383 e. The quantitative estimate of drug-likeness (QED) is 0.656. The van der Waals surface area contributed by atoms with Gasteiger partial charge in [-0.15, -0.1) is 0 Å². The second-order valence-corrected chi connectivity index (χ2v) is 6.62. The van der Waals surface area contributed by atoms with Gasteiger partial charge in [0.1, 0.15) is 0 Å². The van der Waals surface area contributed by atoms with Crippen molar-refractivity contribution >= 4 is 34.4 Å². The van der Waals surface area contributed by atoms with E-state index in [-0.39, 0.29) is 5.91 Å². The van der Waals surface area contributed by atoms with Crippen LogP contribution in [0.15, 0.2) is 53.7 Å². The normalized spacial score (nSPS) is 11.0. The van der Waals surface area contributed by atoms with Gasteiger partial charge in [0.05, 0.1) is 23.4 Å². The standard InChI is InChI=1S/C19H21N3O2S/c1-14-7-3-4-8-15(14)20-18(23)13-25-19-21-16-9-5-6-10-17(16)22(19)11-12-24-2/h3-10H,11-13H2,1-2H3,(H,20,23). The van der Waals surface area contributed by atoms with E-state index < -0.39 is 0 Å². The average molecular weight is 355 g/mol. The summed E-state index contributed by atoms with van der Waals surface area (Å²) in [6.07, 6.45) is 0. The highest BCUT2D eigenvalue weighted by Gasteiger charge is 2.13. The molecule has 0 unspecified atom stereocenters. The number of aromatic nitrogens is 2. The highest BCUT2D eigenvalue weighted by Crippen LogP contribution is 2.24. The third-order valence-corrected chi connectivity index (χ3v) is 4.87. The number of amides is 1. The van der Waals surface area contributed by atoms with Gasteiger partial charge in [0, 0.05) is 19.3 Å². The maximum Gasteiger partial charge on any atom is 0.234 e. The van der Waals surface area contributed by atoms with Gasteiger partial charge in [0.15, 0.2) is 5.16 Å². The summed E-state index contributed by atoms with van der Waals surface area (Å²) in [5, 5.41) is 3.79. The third kappa shape index (κ3) is 4.21. The van der Waals surface area contributed by atoms with Crippen LogP contribution < -0.4 is 5.32 Å². The van der Waals surface area contributed by atoms with Crippen molar-refractivity contribution in [2.24, 2.45) is 0 Å². The Hall–Kier alpha value is -2.31. The number of methoxy groups -OCH3 is 1. The molecule has 1 amide bonds. The van der Waals surface area contributed by atoms with E-state index in [1.165, 1.54) is 11.8 Å². The van der Waals surface area contributed by atoms with Crippen LogP contribution in [0.5, 0.6) is 0 Å². The van der Waals surface area contributed by atoms with Crippen molar-refractivity contribution in [3.63, 3.8) is 0 Å². The summed E-state index contributed by atoms with van der Waals surface area (Å²) in [6.45, 7) is 3.29. The van der Waals surface area contributed by atoms with Gasteiger partial charge in [-0.2, -0.15) is 0 Å². The fourth-order valence-corrected chi connectivity index (χ4v) is 3.43. The first-order valence-corrected chi connectivity index (χ1v) is 9.10. The SMILES string of the molecule is COCCn1c(SCC(=O)Nc2ccccc2C)nc2ccccc21. The largest absolute Gasteiger partial charge is 0.383 e. The lowest BCUT2D eigenvalue weighted by atomic mass is 10.2. The van der Waals surface area contributed by atoms with Crippen molar-refractivity contribution in [3.8, 4) is 0 Å². The Balaban J connectivity index is 1.72. The third-order valence-electron chi connectivity index (χ3n) is 3.89. The zero-order valence-electron chi connectivity index (χ0n) is 14.4. The van der Waals surface area contributed by atoms with Crippen LogP contribution in [0.4, 0.5) is 5.69 Å². The van der Waals surface area contributed by atoms with E-state index in [2.05, 4.69) is 14.9 Å². The number of para-hydroxylation sites is 3. The van der Waals surface area contributed by atoms with Crippen molar-refractivity contribution in [1.29, 1.82) is 0 Å². The second-order valence-electron chi connectivity index (χ2n) is 5.68. The Kier molecular flexibility index (Phi) is 5.73. The van der Waals surface area contributed by atoms with Gasteiger partial charge in [0.25, 0.3) is 0 Å². The zero-order chi connectivity index (χ0) is 17.6. The molecule has 2 aromatic carbocycles. The number of thioether (sulfide) groups is 1. The summed E-state index contributed by atoms with van der Waals surface area (Å²) in [7, 11) is 1.68. The van der Waals surface area contributed by atoms with Gasteiger partial charge in [-0.05, 0) is 30.7 Å². The summed E-state index contributed by atoms with van der Waals surface area (Å²) in [5.74, 6) is 0.273. The van der Waals surface area contributed by atoms with Gasteiger partial charge in [0.2, 0.25) is 5.91 Å². The molecule has 3 rings (SSSR count). The first-order chi connectivity index (χ1) is 12.2. The van der Waals surface area contributed by atoms with Crippen LogP contribution in [-0.4, -0.2) is 34.9 Å². The molecule has 0 radical (unpaired) electrons. The summed E-state index contributed by atoms with van der Waals surface area (Å²) in [6, 6.07) is 15.7. The molecule has 0 saturated carbocycles. The molecule has 1 N–H and O–H groups in total. The molecule has 3 aromatic rings. The minimum absolute atomic E-state index is 0.0374. The fourth-order valence-electron chi connectivity index (χ4n) is 2.59. The highest BCUT2D eigenvalue weighted by atomic mass is 32.2. The molecule has 1 aromatic heterocycles. The van der Waals surface area contributed by atoms with Crippen molar-refractivity contribution in [1.82, 2.24) is 9.55 Å². The number of fused-ring (bicyclic) bond motifs is 1. The van der Waals surface area contributed by atoms with E-state index in [4.69, 9.17) is 4.74 Å². The number of hydrogen-bond donors (Lipinski definition) is 1. The van der Waals surface area contributed by atoms with E-state index in [0.29, 0.717) is 18.9 Å². The Morgan fingerprint density at radius 1 is 1.20 bits per heavy atom. The molecule has 0 atom stereocenters. The molecule has 0 spiro atoms. The Morgan fingerprint density at radius 2 is 1.96 bits per heavy atom. The number of carbonyl (C=O) groups excluding carboxylic acids is 1. The van der Waals surface area contributed by atoms with E-state index >= 15 is 0 Å². The molecule has 0 aliphatic rings. The Labute approximate surface area is 151 Å². The molecular formula is C19H21N3O2S. The zero-order valence-corrected chi connectivity index (χ0v) is 15.2. The van der Waals surface area contributed by atoms with Gasteiger partial charge in [-0.25, -0.2) is 4.98 Å². The summed E-state index contributed by atoms with van der Waals surface area (Å²) in [4.78, 5) is 16.9. The van der Waals surface area contributed by atoms with Gasteiger partial charge in [-0.3, -0.25) is 4.79 Å². The second kappa shape index (κ2) is 8.18. The lowest BCUT2D eigenvalue weighted by Crippen LogP contribution is -2.15. The van der Waals surface area contributed by atoms with E-state index in [1.54, 1.807) is 7.11 Å². The molecule has 0 aliphatic heterocycles. The number of anilines is 1. The van der Waals surface area contributed by atoms with Crippen LogP contribution in [0.1, 0.15) is 5.56 Å². The molecule has 0 saturated heterocycles. The maximum atomic E-state index is 12.3. The summed E-state index contributed by atoms with van der Waals surface area (Å²) < 4.78 is 7.30. The first-order valence-electron chi connectivity index (χ1n) is 8.11. The number of nitrogens with one attached hydrogen (secondary N) is 1. The van der Waals surface area contributed by atoms with Crippen LogP contribution in [0.25, 0.3) is 11.0 Å². The molecule has 0 aliphatic carbocycles. The monoisotopic (exact) mass is 355 g/mol. The number of imidazole rings is 1. The van der Waals surface area contributed by atoms with Crippen LogP contribution in [0.3, 0.4) is 0 Å². The number of rotatable bonds is 7. The molecule has 0 bridgehead atoms. The van der Waals surface area contributed by atoms with Crippen molar-refractivity contribution in [2.45, 2.75) is 18.6 Å². The summed E-state index contributed by atoms with van der Waals surface area (Å²) in [5.41, 5.74) is 3.89. The van der Waals surface area contributed by atoms with Crippen LogP contribution in [-0.2, 0) is 16.1 Å². The molecule has 25 heavy (non-hydrogen) atoms. The maximum absolute atomic E-state index is 12.3. The number of aryl methyl sites for hydroxylation is 1. The first kappa shape index (κ1) is 17.5. The van der Waals surface area contributed by atoms with Gasteiger partial charge >= 0.3 is 0 Å². The van der Waals surface area contributed by atoms with E-state index in [0.717, 1.165) is 27.4 Å². The van der Waals surface area contributed by atoms with Crippen LogP contribution in [0.2, 0.25) is 0 Å². The Bertz CT molecular complexity index is 876. The Morgan fingerprint density at radius 3 is 2.76 bits per heavy atom. The molecule has 1 heterocycles. The number of ether oxygens (including phenoxy) is 1. The van der Waals surface area contributed by atoms with Gasteiger partial charge in [-0.1, -0.05) is 42.1 Å². The predicted molar refractivity (Wildman–Crippen MR) is 102 cm³/mol. The summed E-state index contributed by atoms with van der Waals surface area (Å²) >= 11 is 1.44. The smallest absolute Gasteiger partial charge is 0.234 e. The van der Waals surface area contributed by atoms with Crippen LogP contribution >= 0.6 is 11.8 Å². The van der Waals surface area contributed by atoms with Crippen molar-refractivity contribution in [2.75, 3.05) is 24.8 Å². The fraction of sp³-hybridized carbons (Fsp3) is 0.263. The predicted octanol–water partition coefficient (Wildman–Crippen LogP) is 3.72. The lowest BCUT2D eigenvalue weighted by Gasteiger charge is -2.09.